The molecule has 1 aliphatic rings. The summed E-state index contributed by atoms with van der Waals surface area (Å²) >= 11 is 0. The van der Waals surface area contributed by atoms with Gasteiger partial charge in [0.05, 0.1) is 19.1 Å². The second kappa shape index (κ2) is 8.70. The Labute approximate surface area is 163 Å². The highest BCUT2D eigenvalue weighted by Crippen LogP contribution is 2.34. The Hall–Kier alpha value is -3.14. The van der Waals surface area contributed by atoms with Crippen molar-refractivity contribution >= 4 is 17.3 Å². The number of anilines is 2. The quantitative estimate of drug-likeness (QED) is 0.561. The maximum atomic E-state index is 11.8. The van der Waals surface area contributed by atoms with Crippen LogP contribution < -0.4 is 19.7 Å². The van der Waals surface area contributed by atoms with Crippen LogP contribution in [0.2, 0.25) is 0 Å². The zero-order chi connectivity index (χ0) is 20.1. The van der Waals surface area contributed by atoms with Crippen LogP contribution in [-0.2, 0) is 6.54 Å². The molecule has 0 atom stereocenters. The van der Waals surface area contributed by atoms with Gasteiger partial charge in [0.15, 0.2) is 11.5 Å². The van der Waals surface area contributed by atoms with Gasteiger partial charge in [-0.1, -0.05) is 12.1 Å². The third-order valence-electron chi connectivity index (χ3n) is 4.72. The Bertz CT molecular complexity index is 839. The molecule has 28 heavy (non-hydrogen) atoms. The van der Waals surface area contributed by atoms with Crippen LogP contribution in [0.25, 0.3) is 0 Å². The summed E-state index contributed by atoms with van der Waals surface area (Å²) in [5.41, 5.74) is 0.685. The molecule has 1 saturated heterocycles. The summed E-state index contributed by atoms with van der Waals surface area (Å²) < 4.78 is 10.7. The second-order valence-electron chi connectivity index (χ2n) is 6.45. The number of rotatable bonds is 7. The summed E-state index contributed by atoms with van der Waals surface area (Å²) in [6, 6.07) is 5.49. The Balaban J connectivity index is 1.87. The first-order chi connectivity index (χ1) is 13.5. The van der Waals surface area contributed by atoms with Crippen LogP contribution in [0.1, 0.15) is 5.56 Å². The molecule has 150 valence electrons. The number of nitrogens with one attached hydrogen (secondary N) is 1. The lowest BCUT2D eigenvalue weighted by Crippen LogP contribution is -2.45. The third-order valence-corrected chi connectivity index (χ3v) is 4.72. The maximum Gasteiger partial charge on any atom is 0.353 e. The fourth-order valence-electron chi connectivity index (χ4n) is 3.19. The number of para-hydroxylation sites is 1. The molecule has 0 unspecified atom stereocenters. The fraction of sp³-hybridized carbons (Fsp3) is 0.444. The first-order valence-electron chi connectivity index (χ1n) is 8.91. The standard InChI is InChI=1S/C18H24N6O4/c1-22-7-9-23(10-8-22)18-15(24(25)26)17(20-12-21-18)19-11-13-5-4-6-14(27-2)16(13)28-3/h4-6,12H,7-11H2,1-3H3,(H,19,20,21). The van der Waals surface area contributed by atoms with Crippen LogP contribution in [0.3, 0.4) is 0 Å². The predicted molar refractivity (Wildman–Crippen MR) is 105 cm³/mol. The molecule has 1 fully saturated rings. The molecule has 3 rings (SSSR count). The van der Waals surface area contributed by atoms with Crippen LogP contribution in [0.15, 0.2) is 24.5 Å². The number of piperazine rings is 1. The van der Waals surface area contributed by atoms with Crippen LogP contribution in [-0.4, -0.2) is 67.2 Å². The molecule has 10 heteroatoms. The number of nitro groups is 1. The summed E-state index contributed by atoms with van der Waals surface area (Å²) in [5.74, 6) is 1.69. The van der Waals surface area contributed by atoms with E-state index in [1.165, 1.54) is 6.33 Å². The number of likely N-dealkylation sites (N-methyl/N-ethyl adjacent to an activating group) is 1. The van der Waals surface area contributed by atoms with Crippen LogP contribution >= 0.6 is 0 Å². The molecule has 2 heterocycles. The van der Waals surface area contributed by atoms with Gasteiger partial charge in [-0.15, -0.1) is 0 Å². The van der Waals surface area contributed by atoms with E-state index in [0.717, 1.165) is 18.7 Å². The molecule has 0 bridgehead atoms. The second-order valence-corrected chi connectivity index (χ2v) is 6.45. The van der Waals surface area contributed by atoms with Gasteiger partial charge in [-0.25, -0.2) is 9.97 Å². The van der Waals surface area contributed by atoms with Crippen molar-refractivity contribution in [3.63, 3.8) is 0 Å². The highest BCUT2D eigenvalue weighted by Gasteiger charge is 2.28. The van der Waals surface area contributed by atoms with Crippen molar-refractivity contribution in [2.75, 3.05) is 57.7 Å². The molecule has 0 saturated carbocycles. The molecule has 0 aliphatic carbocycles. The molecular weight excluding hydrogens is 364 g/mol. The van der Waals surface area contributed by atoms with Gasteiger partial charge in [-0.3, -0.25) is 10.1 Å². The van der Waals surface area contributed by atoms with E-state index in [1.54, 1.807) is 20.3 Å². The zero-order valence-electron chi connectivity index (χ0n) is 16.2. The number of methoxy groups -OCH3 is 2. The average Bonchev–Trinajstić information content (AvgIpc) is 2.71. The lowest BCUT2D eigenvalue weighted by atomic mass is 10.2. The van der Waals surface area contributed by atoms with E-state index in [4.69, 9.17) is 9.47 Å². The minimum absolute atomic E-state index is 0.117. The molecule has 1 aliphatic heterocycles. The van der Waals surface area contributed by atoms with Crippen molar-refractivity contribution in [3.05, 3.63) is 40.2 Å². The topological polar surface area (TPSA) is 106 Å². The SMILES string of the molecule is COc1cccc(CNc2ncnc(N3CCN(C)CC3)c2[N+](=O)[O-])c1OC. The number of aromatic nitrogens is 2. The van der Waals surface area contributed by atoms with Crippen molar-refractivity contribution in [2.45, 2.75) is 6.54 Å². The molecule has 2 aromatic rings. The normalized spacial score (nSPS) is 14.6. The van der Waals surface area contributed by atoms with Crippen LogP contribution in [0, 0.1) is 10.1 Å². The van der Waals surface area contributed by atoms with E-state index >= 15 is 0 Å². The fourth-order valence-corrected chi connectivity index (χ4v) is 3.19. The maximum absolute atomic E-state index is 11.8. The third kappa shape index (κ3) is 4.06. The van der Waals surface area contributed by atoms with Crippen molar-refractivity contribution in [1.29, 1.82) is 0 Å². The molecular formula is C18H24N6O4. The van der Waals surface area contributed by atoms with Crippen molar-refractivity contribution in [2.24, 2.45) is 0 Å². The summed E-state index contributed by atoms with van der Waals surface area (Å²) in [6.45, 7) is 3.30. The Morgan fingerprint density at radius 1 is 1.18 bits per heavy atom. The summed E-state index contributed by atoms with van der Waals surface area (Å²) in [4.78, 5) is 23.8. The van der Waals surface area contributed by atoms with E-state index < -0.39 is 4.92 Å². The number of hydrogen-bond acceptors (Lipinski definition) is 9. The van der Waals surface area contributed by atoms with Gasteiger partial charge in [0, 0.05) is 38.3 Å². The minimum Gasteiger partial charge on any atom is -0.493 e. The zero-order valence-corrected chi connectivity index (χ0v) is 16.2. The van der Waals surface area contributed by atoms with Gasteiger partial charge in [0.25, 0.3) is 0 Å². The highest BCUT2D eigenvalue weighted by molar-refractivity contribution is 5.70. The van der Waals surface area contributed by atoms with E-state index in [9.17, 15) is 10.1 Å². The number of nitrogens with zero attached hydrogens (tertiary/aromatic N) is 5. The Kier molecular flexibility index (Phi) is 6.09. The van der Waals surface area contributed by atoms with E-state index in [-0.39, 0.29) is 11.5 Å². The molecule has 1 aromatic carbocycles. The first-order valence-corrected chi connectivity index (χ1v) is 8.91. The Morgan fingerprint density at radius 2 is 1.93 bits per heavy atom. The number of hydrogen-bond donors (Lipinski definition) is 1. The molecule has 0 spiro atoms. The van der Waals surface area contributed by atoms with E-state index in [2.05, 4.69) is 20.2 Å². The Morgan fingerprint density at radius 3 is 2.57 bits per heavy atom. The van der Waals surface area contributed by atoms with Crippen LogP contribution in [0.4, 0.5) is 17.3 Å². The lowest BCUT2D eigenvalue weighted by Gasteiger charge is -2.32. The molecule has 1 N–H and O–H groups in total. The molecule has 0 amide bonds. The predicted octanol–water partition coefficient (Wildman–Crippen LogP) is 1.77. The first kappa shape index (κ1) is 19.6. The van der Waals surface area contributed by atoms with Crippen molar-refractivity contribution in [3.8, 4) is 11.5 Å². The number of ether oxygens (including phenoxy) is 2. The number of benzene rings is 1. The largest absolute Gasteiger partial charge is 0.493 e. The molecule has 0 radical (unpaired) electrons. The molecule has 10 nitrogen and oxygen atoms in total. The summed E-state index contributed by atoms with van der Waals surface area (Å²) in [7, 11) is 5.15. The van der Waals surface area contributed by atoms with Gasteiger partial charge in [-0.2, -0.15) is 0 Å². The summed E-state index contributed by atoms with van der Waals surface area (Å²) in [5, 5.41) is 14.8. The molecule has 1 aromatic heterocycles. The summed E-state index contributed by atoms with van der Waals surface area (Å²) in [6.07, 6.45) is 1.35. The van der Waals surface area contributed by atoms with Gasteiger partial charge in [-0.05, 0) is 13.1 Å². The monoisotopic (exact) mass is 388 g/mol. The smallest absolute Gasteiger partial charge is 0.353 e. The highest BCUT2D eigenvalue weighted by atomic mass is 16.6. The van der Waals surface area contributed by atoms with E-state index in [1.807, 2.05) is 24.1 Å². The minimum atomic E-state index is -0.432. The van der Waals surface area contributed by atoms with Crippen molar-refractivity contribution < 1.29 is 14.4 Å². The van der Waals surface area contributed by atoms with Crippen molar-refractivity contribution in [1.82, 2.24) is 14.9 Å². The average molecular weight is 388 g/mol. The van der Waals surface area contributed by atoms with E-state index in [0.29, 0.717) is 37.0 Å². The van der Waals surface area contributed by atoms with Gasteiger partial charge >= 0.3 is 5.69 Å². The van der Waals surface area contributed by atoms with Gasteiger partial charge in [0.2, 0.25) is 11.6 Å². The lowest BCUT2D eigenvalue weighted by molar-refractivity contribution is -0.383. The van der Waals surface area contributed by atoms with Crippen LogP contribution in [0.5, 0.6) is 11.5 Å². The van der Waals surface area contributed by atoms with Gasteiger partial charge < -0.3 is 24.6 Å². The van der Waals surface area contributed by atoms with Gasteiger partial charge in [0.1, 0.15) is 6.33 Å².